The molecule has 2 saturated heterocycles. The number of rotatable bonds is 9. The fraction of sp³-hybridized carbons (Fsp3) is 0.500. The third-order valence-corrected chi connectivity index (χ3v) is 14.8. The topological polar surface area (TPSA) is 175 Å². The first kappa shape index (κ1) is 49.7. The lowest BCUT2D eigenvalue weighted by molar-refractivity contribution is -0.189. The number of hydrogen-bond acceptors (Lipinski definition) is 12. The number of hydrazine groups is 1. The number of esters is 1. The van der Waals surface area contributed by atoms with Crippen molar-refractivity contribution in [2.45, 2.75) is 104 Å². The number of aromatic nitrogens is 3. The minimum atomic E-state index is -2.22. The highest BCUT2D eigenvalue weighted by atomic mass is 32.1. The predicted octanol–water partition coefficient (Wildman–Crippen LogP) is 6.59. The predicted molar refractivity (Wildman–Crippen MR) is 266 cm³/mol. The molecule has 0 radical (unpaired) electrons. The van der Waals surface area contributed by atoms with Crippen LogP contribution in [0.5, 0.6) is 0 Å². The molecule has 5 aromatic rings. The molecular formula is C52H67N9O7S. The molecule has 368 valence electrons. The van der Waals surface area contributed by atoms with Crippen molar-refractivity contribution in [2.24, 2.45) is 11.3 Å². The highest BCUT2D eigenvalue weighted by molar-refractivity contribution is 7.10. The molecule has 69 heavy (non-hydrogen) atoms. The van der Waals surface area contributed by atoms with Crippen LogP contribution >= 0.6 is 11.3 Å². The van der Waals surface area contributed by atoms with Gasteiger partial charge in [-0.25, -0.2) is 14.6 Å². The summed E-state index contributed by atoms with van der Waals surface area (Å²) in [5.41, 5.74) is 7.46. The van der Waals surface area contributed by atoms with E-state index in [9.17, 15) is 24.3 Å². The Hall–Kier alpha value is -5.72. The number of hydrogen-bond donors (Lipinski definition) is 3. The maximum Gasteiger partial charge on any atom is 0.355 e. The summed E-state index contributed by atoms with van der Waals surface area (Å²) in [5, 5.41) is 19.7. The number of ether oxygens (including phenoxy) is 2. The number of piperazine rings is 1. The number of carbonyl (C=O) groups excluding carboxylic acids is 4. The number of fused-ring (bicyclic) bond motifs is 6. The van der Waals surface area contributed by atoms with E-state index in [1.54, 1.807) is 25.3 Å². The number of aliphatic hydroxyl groups is 1. The van der Waals surface area contributed by atoms with Crippen LogP contribution in [0.4, 0.5) is 4.79 Å². The van der Waals surface area contributed by atoms with E-state index in [4.69, 9.17) is 19.4 Å². The van der Waals surface area contributed by atoms with Crippen molar-refractivity contribution in [3.8, 4) is 22.5 Å². The Morgan fingerprint density at radius 2 is 1.84 bits per heavy atom. The number of amides is 4. The fourth-order valence-electron chi connectivity index (χ4n) is 10.2. The van der Waals surface area contributed by atoms with Crippen LogP contribution in [-0.4, -0.2) is 135 Å². The van der Waals surface area contributed by atoms with Gasteiger partial charge in [0, 0.05) is 98.7 Å². The normalized spacial score (nSPS) is 22.2. The first-order valence-corrected chi connectivity index (χ1v) is 25.0. The van der Waals surface area contributed by atoms with E-state index in [1.807, 2.05) is 71.3 Å². The van der Waals surface area contributed by atoms with Gasteiger partial charge in [0.05, 0.1) is 40.8 Å². The summed E-state index contributed by atoms with van der Waals surface area (Å²) in [6.45, 7) is 14.3. The van der Waals surface area contributed by atoms with Crippen molar-refractivity contribution in [3.05, 3.63) is 94.1 Å². The van der Waals surface area contributed by atoms with Crippen molar-refractivity contribution in [2.75, 3.05) is 54.0 Å². The van der Waals surface area contributed by atoms with Crippen molar-refractivity contribution >= 4 is 46.1 Å². The van der Waals surface area contributed by atoms with Gasteiger partial charge in [-0.3, -0.25) is 24.5 Å². The lowest BCUT2D eigenvalue weighted by Gasteiger charge is -2.42. The maximum absolute atomic E-state index is 14.8. The highest BCUT2D eigenvalue weighted by Crippen LogP contribution is 2.42. The summed E-state index contributed by atoms with van der Waals surface area (Å²) in [6, 6.07) is 18.0. The van der Waals surface area contributed by atoms with Crippen LogP contribution in [0.3, 0.4) is 0 Å². The van der Waals surface area contributed by atoms with Gasteiger partial charge in [-0.15, -0.1) is 11.3 Å². The second-order valence-electron chi connectivity index (χ2n) is 19.9. The molecule has 2 fully saturated rings. The number of likely N-dealkylation sites (N-methyl/N-ethyl adjacent to an activating group) is 2. The molecule has 0 spiro atoms. The number of methoxy groups -OCH3 is 1. The van der Waals surface area contributed by atoms with E-state index < -0.39 is 41.0 Å². The van der Waals surface area contributed by atoms with Crippen molar-refractivity contribution in [1.29, 1.82) is 0 Å². The number of pyridine rings is 1. The number of urea groups is 1. The highest BCUT2D eigenvalue weighted by Gasteiger charge is 2.46. The van der Waals surface area contributed by atoms with E-state index >= 15 is 0 Å². The van der Waals surface area contributed by atoms with Crippen LogP contribution in [0.2, 0.25) is 0 Å². The number of thiazole rings is 1. The van der Waals surface area contributed by atoms with Crippen molar-refractivity contribution < 1.29 is 33.8 Å². The van der Waals surface area contributed by atoms with Crippen molar-refractivity contribution in [1.82, 2.24) is 45.0 Å². The molecule has 0 saturated carbocycles. The Bertz CT molecular complexity index is 2690. The summed E-state index contributed by atoms with van der Waals surface area (Å²) in [5.74, 6) is -2.30. The Kier molecular flexibility index (Phi) is 14.6. The summed E-state index contributed by atoms with van der Waals surface area (Å²) in [4.78, 5) is 73.1. The van der Waals surface area contributed by atoms with Gasteiger partial charge in [0.15, 0.2) is 0 Å². The largest absolute Gasteiger partial charge is 0.462 e. The van der Waals surface area contributed by atoms with Crippen LogP contribution in [-0.2, 0) is 43.2 Å². The lowest BCUT2D eigenvalue weighted by Crippen LogP contribution is -2.67. The molecule has 6 heterocycles. The average Bonchev–Trinajstić information content (AvgIpc) is 3.93. The Balaban J connectivity index is 1.15. The molecule has 8 rings (SSSR count). The second kappa shape index (κ2) is 20.3. The molecule has 6 bridgehead atoms. The maximum atomic E-state index is 14.8. The number of carbonyl (C=O) groups is 4. The Morgan fingerprint density at radius 3 is 2.57 bits per heavy atom. The van der Waals surface area contributed by atoms with Crippen LogP contribution in [0.25, 0.3) is 33.4 Å². The fourth-order valence-corrected chi connectivity index (χ4v) is 11.1. The average molecular weight is 962 g/mol. The van der Waals surface area contributed by atoms with Gasteiger partial charge < -0.3 is 34.3 Å². The second-order valence-corrected chi connectivity index (χ2v) is 20.9. The zero-order valence-electron chi connectivity index (χ0n) is 41.3. The minimum Gasteiger partial charge on any atom is -0.462 e. The first-order chi connectivity index (χ1) is 32.9. The van der Waals surface area contributed by atoms with Crippen LogP contribution in [0.15, 0.2) is 72.2 Å². The third kappa shape index (κ3) is 10.2. The summed E-state index contributed by atoms with van der Waals surface area (Å²) < 4.78 is 14.1. The SMILES string of the molecule is CCn1c(-c2cccnc2[C@H](C)OC)c2c3cc(ccc31)-c1csc(n1)C[C@H](NC(=O)[C@H](C(C)C)N(C)C(=O)N1CCN(C)[C@@H](c3ccccc3)C1)C(=O)N1CCC[C@@](O)(N1)C(=O)OCC(C)(C)C2. The number of nitrogens with zero attached hydrogens (tertiary/aromatic N) is 7. The molecule has 17 heteroatoms. The summed E-state index contributed by atoms with van der Waals surface area (Å²) in [7, 11) is 5.36. The van der Waals surface area contributed by atoms with E-state index in [2.05, 4.69) is 63.5 Å². The molecule has 3 N–H and O–H groups in total. The monoisotopic (exact) mass is 961 g/mol. The van der Waals surface area contributed by atoms with Gasteiger partial charge in [0.1, 0.15) is 12.1 Å². The van der Waals surface area contributed by atoms with Gasteiger partial charge in [-0.2, -0.15) is 5.43 Å². The van der Waals surface area contributed by atoms with E-state index in [-0.39, 0.29) is 56.5 Å². The number of nitrogens with one attached hydrogen (secondary N) is 2. The zero-order valence-corrected chi connectivity index (χ0v) is 42.1. The van der Waals surface area contributed by atoms with Gasteiger partial charge >= 0.3 is 12.0 Å². The molecule has 3 aliphatic rings. The van der Waals surface area contributed by atoms with Gasteiger partial charge in [0.2, 0.25) is 11.6 Å². The molecule has 0 unspecified atom stereocenters. The molecular weight excluding hydrogens is 895 g/mol. The smallest absolute Gasteiger partial charge is 0.355 e. The minimum absolute atomic E-state index is 0.00103. The molecule has 3 aromatic heterocycles. The van der Waals surface area contributed by atoms with E-state index in [1.165, 1.54) is 21.2 Å². The Labute approximate surface area is 408 Å². The van der Waals surface area contributed by atoms with Gasteiger partial charge in [-0.1, -0.05) is 64.1 Å². The third-order valence-electron chi connectivity index (χ3n) is 14.0. The first-order valence-electron chi connectivity index (χ1n) is 24.1. The number of benzene rings is 2. The van der Waals surface area contributed by atoms with E-state index in [0.29, 0.717) is 43.3 Å². The Morgan fingerprint density at radius 1 is 1.07 bits per heavy atom. The van der Waals surface area contributed by atoms with Crippen LogP contribution in [0, 0.1) is 11.3 Å². The molecule has 16 nitrogen and oxygen atoms in total. The summed E-state index contributed by atoms with van der Waals surface area (Å²) in [6.07, 6.45) is 2.28. The molecule has 4 amide bonds. The quantitative estimate of drug-likeness (QED) is 0.136. The number of cyclic esters (lactones) is 1. The van der Waals surface area contributed by atoms with Crippen molar-refractivity contribution in [3.63, 3.8) is 0 Å². The van der Waals surface area contributed by atoms with Crippen LogP contribution in [0.1, 0.15) is 88.4 Å². The van der Waals surface area contributed by atoms with Gasteiger partial charge in [-0.05, 0) is 75.0 Å². The van der Waals surface area contributed by atoms with Crippen LogP contribution < -0.4 is 10.7 Å². The molecule has 2 aromatic carbocycles. The van der Waals surface area contributed by atoms with E-state index in [0.717, 1.165) is 44.5 Å². The van der Waals surface area contributed by atoms with Gasteiger partial charge in [0.25, 0.3) is 5.91 Å². The molecule has 3 aliphatic heterocycles. The lowest BCUT2D eigenvalue weighted by atomic mass is 9.84. The standard InChI is InChI=1S/C52H67N9O7S/c1-10-60-41-20-19-35-26-37(41)38(46(60)36-18-14-22-53-44(36)33(4)67-9)28-51(5,6)31-68-49(64)52(66)21-15-23-61(56-52)48(63)39(27-43-54-40(35)30-69-43)55-47(62)45(32(2)3)58(8)50(65)59-25-24-57(7)42(29-59)34-16-12-11-13-17-34/h11-14,16-20,22,26,30,32-33,39,42,45,56,66H,10,15,21,23-25,27-29,31H2,1-9H3,(H,55,62)/t33-,39-,42+,45-,52-/m0/s1. The number of aryl methyl sites for hydroxylation is 1. The summed E-state index contributed by atoms with van der Waals surface area (Å²) >= 11 is 1.38. The molecule has 5 atom stereocenters. The molecule has 0 aliphatic carbocycles. The zero-order chi connectivity index (χ0) is 49.4.